The zero-order chi connectivity index (χ0) is 20.6. The number of hydrogen-bond acceptors (Lipinski definition) is 3. The van der Waals surface area contributed by atoms with Crippen molar-refractivity contribution in [3.63, 3.8) is 0 Å². The Hall–Kier alpha value is -1.40. The molecular formula is C15H13F7O3S2. The van der Waals surface area contributed by atoms with Gasteiger partial charge in [-0.2, -0.15) is 13.2 Å². The molecule has 1 atom stereocenters. The Morgan fingerprint density at radius 3 is 1.96 bits per heavy atom. The monoisotopic (exact) mass is 438 g/mol. The molecule has 152 valence electrons. The molecule has 1 aromatic carbocycles. The van der Waals surface area contributed by atoms with Gasteiger partial charge in [-0.05, 0) is 25.0 Å². The summed E-state index contributed by atoms with van der Waals surface area (Å²) in [4.78, 5) is 0.464. The molecule has 1 aliphatic rings. The van der Waals surface area contributed by atoms with Crippen LogP contribution in [0.3, 0.4) is 0 Å². The van der Waals surface area contributed by atoms with Crippen LogP contribution in [0.25, 0.3) is 10.1 Å². The molecule has 0 radical (unpaired) electrons. The van der Waals surface area contributed by atoms with E-state index < -0.39 is 37.4 Å². The van der Waals surface area contributed by atoms with Crippen LogP contribution >= 0.6 is 10.5 Å². The fourth-order valence-corrected chi connectivity index (χ4v) is 5.07. The Labute approximate surface area is 152 Å². The van der Waals surface area contributed by atoms with Crippen LogP contribution in [-0.2, 0) is 15.6 Å². The molecule has 1 fully saturated rings. The summed E-state index contributed by atoms with van der Waals surface area (Å²) in [6.07, 6.45) is 3.62. The van der Waals surface area contributed by atoms with Crippen LogP contribution in [0.2, 0.25) is 0 Å². The van der Waals surface area contributed by atoms with Gasteiger partial charge in [-0.15, -0.1) is 13.2 Å². The Balaban J connectivity index is 0.000000279. The zero-order valence-corrected chi connectivity index (χ0v) is 15.0. The molecule has 0 amide bonds. The van der Waals surface area contributed by atoms with E-state index in [1.54, 1.807) is 6.07 Å². The highest BCUT2D eigenvalue weighted by Gasteiger charge is 2.49. The van der Waals surface area contributed by atoms with Gasteiger partial charge in [0.25, 0.3) is 0 Å². The predicted molar refractivity (Wildman–Crippen MR) is 84.6 cm³/mol. The number of thiophene rings is 1. The molecule has 1 aliphatic carbocycles. The first kappa shape index (κ1) is 21.9. The van der Waals surface area contributed by atoms with E-state index in [0.29, 0.717) is 10.3 Å². The van der Waals surface area contributed by atoms with Crippen LogP contribution in [0.5, 0.6) is 0 Å². The zero-order valence-electron chi connectivity index (χ0n) is 13.4. The van der Waals surface area contributed by atoms with Crippen molar-refractivity contribution in [1.29, 1.82) is 0 Å². The highest BCUT2D eigenvalue weighted by Crippen LogP contribution is 2.55. The molecule has 0 saturated heterocycles. The van der Waals surface area contributed by atoms with Crippen LogP contribution in [0, 0.1) is 5.82 Å². The first-order valence-corrected chi connectivity index (χ1v) is 10.2. The third kappa shape index (κ3) is 5.11. The lowest BCUT2D eigenvalue weighted by Crippen LogP contribution is -2.21. The summed E-state index contributed by atoms with van der Waals surface area (Å²) >= 11 is 0. The topological polar surface area (TPSA) is 57.2 Å². The maximum absolute atomic E-state index is 13.3. The Morgan fingerprint density at radius 2 is 1.52 bits per heavy atom. The van der Waals surface area contributed by atoms with Crippen LogP contribution in [0.4, 0.5) is 30.7 Å². The predicted octanol–water partition coefficient (Wildman–Crippen LogP) is 5.91. The van der Waals surface area contributed by atoms with Crippen LogP contribution < -0.4 is 0 Å². The lowest BCUT2D eigenvalue weighted by atomic mass is 10.1. The van der Waals surface area contributed by atoms with E-state index in [1.165, 1.54) is 12.1 Å². The van der Waals surface area contributed by atoms with Gasteiger partial charge in [-0.1, -0.05) is 12.8 Å². The molecule has 1 unspecified atom stereocenters. The smallest absolute Gasteiger partial charge is 0.600 e. The molecule has 0 aliphatic heterocycles. The van der Waals surface area contributed by atoms with E-state index in [2.05, 4.69) is 0 Å². The average Bonchev–Trinajstić information content (AvgIpc) is 3.11. The van der Waals surface area contributed by atoms with Crippen LogP contribution in [-0.4, -0.2) is 18.5 Å². The molecule has 3 nitrogen and oxygen atoms in total. The Morgan fingerprint density at radius 1 is 1.00 bits per heavy atom. The van der Waals surface area contributed by atoms with E-state index in [4.69, 9.17) is 13.0 Å². The number of rotatable bonds is 1. The van der Waals surface area contributed by atoms with Gasteiger partial charge in [0.15, 0.2) is 19.7 Å². The second kappa shape index (κ2) is 7.55. The molecule has 3 rings (SSSR count). The molecule has 1 saturated carbocycles. The first-order chi connectivity index (χ1) is 12.2. The average molecular weight is 438 g/mol. The minimum atomic E-state index is -6.09. The lowest BCUT2D eigenvalue weighted by Gasteiger charge is -2.08. The van der Waals surface area contributed by atoms with Gasteiger partial charge in [0, 0.05) is 23.4 Å². The lowest BCUT2D eigenvalue weighted by molar-refractivity contribution is -0.0868. The third-order valence-corrected chi connectivity index (χ3v) is 6.75. The van der Waals surface area contributed by atoms with Gasteiger partial charge in [0.05, 0.1) is 10.5 Å². The summed E-state index contributed by atoms with van der Waals surface area (Å²) in [6, 6.07) is 5.37. The molecule has 12 heteroatoms. The highest BCUT2D eigenvalue weighted by atomic mass is 32.2. The summed E-state index contributed by atoms with van der Waals surface area (Å²) in [6.45, 7) is 0. The van der Waals surface area contributed by atoms with Crippen molar-refractivity contribution in [2.45, 2.75) is 42.6 Å². The number of fused-ring (bicyclic) bond motifs is 1. The molecule has 0 N–H and O–H groups in total. The minimum Gasteiger partial charge on any atom is -0.741 e. The van der Waals surface area contributed by atoms with Crippen molar-refractivity contribution >= 4 is 30.7 Å². The number of alkyl halides is 6. The fourth-order valence-electron chi connectivity index (χ4n) is 2.90. The summed E-state index contributed by atoms with van der Waals surface area (Å²) < 4.78 is 112. The quantitative estimate of drug-likeness (QED) is 0.241. The standard InChI is InChI=1S/C14H13F4S.CHF3O3S/c15-11-6-5-10-7-12(9-3-1-2-4-9)19(13(10)8-11)14(16,17)18;2-1(3,4)8(5,6)7/h5-9H,1-4H2;(H,5,6,7)/q+1;/p-1. The second-order valence-electron chi connectivity index (χ2n) is 5.86. The summed E-state index contributed by atoms with van der Waals surface area (Å²) in [7, 11) is -8.03. The fraction of sp³-hybridized carbons (Fsp3) is 0.467. The van der Waals surface area contributed by atoms with Crippen molar-refractivity contribution in [2.75, 3.05) is 0 Å². The van der Waals surface area contributed by atoms with Crippen molar-refractivity contribution < 1.29 is 43.7 Å². The van der Waals surface area contributed by atoms with Crippen LogP contribution in [0.15, 0.2) is 24.3 Å². The van der Waals surface area contributed by atoms with E-state index in [0.717, 1.165) is 31.7 Å². The van der Waals surface area contributed by atoms with E-state index in [-0.39, 0.29) is 10.6 Å². The van der Waals surface area contributed by atoms with Gasteiger partial charge >= 0.3 is 11.0 Å². The largest absolute Gasteiger partial charge is 0.741 e. The SMILES string of the molecule is Fc1ccc2cc(C3CCCC3)[s+](C(F)(F)F)c2c1.O=S(=O)([O-])C(F)(F)F. The summed E-state index contributed by atoms with van der Waals surface area (Å²) in [5.41, 5.74) is -9.96. The summed E-state index contributed by atoms with van der Waals surface area (Å²) in [5.74, 6) is -0.581. The maximum atomic E-state index is 13.3. The normalized spacial score (nSPS) is 17.1. The second-order valence-corrected chi connectivity index (χ2v) is 9.22. The molecule has 27 heavy (non-hydrogen) atoms. The van der Waals surface area contributed by atoms with Crippen molar-refractivity contribution in [3.8, 4) is 0 Å². The third-order valence-electron chi connectivity index (χ3n) is 4.00. The van der Waals surface area contributed by atoms with Crippen LogP contribution in [0.1, 0.15) is 36.5 Å². The van der Waals surface area contributed by atoms with E-state index in [1.807, 2.05) is 0 Å². The highest BCUT2D eigenvalue weighted by molar-refractivity contribution is 7.86. The first-order valence-electron chi connectivity index (χ1n) is 7.56. The van der Waals surface area contributed by atoms with Crippen molar-refractivity contribution in [3.05, 3.63) is 35.0 Å². The van der Waals surface area contributed by atoms with Gasteiger partial charge in [0.1, 0.15) is 5.82 Å². The van der Waals surface area contributed by atoms with Crippen molar-refractivity contribution in [2.24, 2.45) is 0 Å². The molecule has 2 aromatic rings. The number of halogens is 7. The molecule has 1 aromatic heterocycles. The van der Waals surface area contributed by atoms with Crippen molar-refractivity contribution in [1.82, 2.24) is 0 Å². The summed E-state index contributed by atoms with van der Waals surface area (Å²) in [5, 5.41) is 0.531. The maximum Gasteiger partial charge on any atom is 0.600 e. The van der Waals surface area contributed by atoms with Gasteiger partial charge in [-0.3, -0.25) is 0 Å². The van der Waals surface area contributed by atoms with Gasteiger partial charge in [0.2, 0.25) is 0 Å². The van der Waals surface area contributed by atoms with Gasteiger partial charge in [-0.25, -0.2) is 12.8 Å². The number of hydrogen-bond donors (Lipinski definition) is 0. The minimum absolute atomic E-state index is 0.0143. The molecular weight excluding hydrogens is 425 g/mol. The van der Waals surface area contributed by atoms with E-state index in [9.17, 15) is 30.7 Å². The molecule has 0 spiro atoms. The van der Waals surface area contributed by atoms with Gasteiger partial charge < -0.3 is 4.55 Å². The Kier molecular flexibility index (Phi) is 6.12. The number of benzene rings is 1. The molecule has 0 bridgehead atoms. The Bertz CT molecular complexity index is 908. The molecule has 1 heterocycles. The van der Waals surface area contributed by atoms with E-state index >= 15 is 0 Å².